The number of hydrogen-bond acceptors (Lipinski definition) is 6. The molecule has 34 heavy (non-hydrogen) atoms. The number of rotatable bonds is 7. The van der Waals surface area contributed by atoms with E-state index in [0.29, 0.717) is 15.6 Å². The number of benzene rings is 3. The zero-order valence-electron chi connectivity index (χ0n) is 18.4. The van der Waals surface area contributed by atoms with Crippen LogP contribution in [0, 0.1) is 0 Å². The van der Waals surface area contributed by atoms with Crippen LogP contribution in [0.1, 0.15) is 39.1 Å². The SMILES string of the molecule is COC(=O)c1ccc(C(O)C(O)CNC(=O)OCC2c3ccccc3-c3ccccc32)c(Br)c1. The van der Waals surface area contributed by atoms with Crippen molar-refractivity contribution in [3.8, 4) is 11.1 Å². The number of fused-ring (bicyclic) bond motifs is 3. The molecular formula is C26H24BrNO6. The second-order valence-corrected chi connectivity index (χ2v) is 8.80. The summed E-state index contributed by atoms with van der Waals surface area (Å²) in [4.78, 5) is 24.0. The highest BCUT2D eigenvalue weighted by molar-refractivity contribution is 9.10. The van der Waals surface area contributed by atoms with Gasteiger partial charge in [-0.25, -0.2) is 9.59 Å². The van der Waals surface area contributed by atoms with Gasteiger partial charge in [-0.3, -0.25) is 0 Å². The molecule has 1 amide bonds. The number of methoxy groups -OCH3 is 1. The maximum absolute atomic E-state index is 12.3. The first kappa shape index (κ1) is 23.9. The van der Waals surface area contributed by atoms with Gasteiger partial charge in [0.15, 0.2) is 0 Å². The molecule has 4 rings (SSSR count). The minimum Gasteiger partial charge on any atom is -0.465 e. The van der Waals surface area contributed by atoms with Crippen LogP contribution >= 0.6 is 15.9 Å². The van der Waals surface area contributed by atoms with Crippen LogP contribution in [0.4, 0.5) is 4.79 Å². The number of alkyl carbamates (subject to hydrolysis) is 1. The number of amides is 1. The monoisotopic (exact) mass is 525 g/mol. The Labute approximate surface area is 205 Å². The average molecular weight is 526 g/mol. The molecule has 2 atom stereocenters. The minimum absolute atomic E-state index is 0.0713. The molecule has 0 bridgehead atoms. The summed E-state index contributed by atoms with van der Waals surface area (Å²) >= 11 is 3.29. The third kappa shape index (κ3) is 4.84. The number of carbonyl (C=O) groups is 2. The van der Waals surface area contributed by atoms with Crippen molar-refractivity contribution in [2.45, 2.75) is 18.1 Å². The Bertz CT molecular complexity index is 1170. The Balaban J connectivity index is 1.34. The predicted molar refractivity (Wildman–Crippen MR) is 130 cm³/mol. The number of halogens is 1. The van der Waals surface area contributed by atoms with Gasteiger partial charge in [0.2, 0.25) is 0 Å². The molecule has 0 radical (unpaired) electrons. The largest absolute Gasteiger partial charge is 0.465 e. The third-order valence-corrected chi connectivity index (χ3v) is 6.59. The van der Waals surface area contributed by atoms with Crippen molar-refractivity contribution in [3.05, 3.63) is 93.5 Å². The normalized spacial score (nSPS) is 14.0. The highest BCUT2D eigenvalue weighted by Crippen LogP contribution is 2.44. The van der Waals surface area contributed by atoms with E-state index in [2.05, 4.69) is 38.1 Å². The van der Waals surface area contributed by atoms with E-state index in [1.807, 2.05) is 36.4 Å². The fourth-order valence-corrected chi connectivity index (χ4v) is 4.78. The predicted octanol–water partition coefficient (Wildman–Crippen LogP) is 4.17. The fraction of sp³-hybridized carbons (Fsp3) is 0.231. The van der Waals surface area contributed by atoms with E-state index in [-0.39, 0.29) is 19.1 Å². The number of hydrogen-bond donors (Lipinski definition) is 3. The molecule has 176 valence electrons. The van der Waals surface area contributed by atoms with Gasteiger partial charge in [0.1, 0.15) is 18.8 Å². The molecule has 3 aromatic carbocycles. The Morgan fingerprint density at radius 2 is 1.62 bits per heavy atom. The fourth-order valence-electron chi connectivity index (χ4n) is 4.17. The van der Waals surface area contributed by atoms with Crippen molar-refractivity contribution >= 4 is 28.0 Å². The lowest BCUT2D eigenvalue weighted by atomic mass is 9.98. The summed E-state index contributed by atoms with van der Waals surface area (Å²) in [5.41, 5.74) is 5.15. The Morgan fingerprint density at radius 1 is 1.00 bits per heavy atom. The number of aliphatic hydroxyl groups is 2. The van der Waals surface area contributed by atoms with Gasteiger partial charge >= 0.3 is 12.1 Å². The molecule has 3 aromatic rings. The molecule has 8 heteroatoms. The molecule has 0 aromatic heterocycles. The van der Waals surface area contributed by atoms with Crippen molar-refractivity contribution in [1.29, 1.82) is 0 Å². The number of ether oxygens (including phenoxy) is 2. The van der Waals surface area contributed by atoms with Crippen molar-refractivity contribution in [2.75, 3.05) is 20.3 Å². The molecule has 0 spiro atoms. The van der Waals surface area contributed by atoms with Gasteiger partial charge in [0, 0.05) is 16.9 Å². The second kappa shape index (κ2) is 10.4. The Kier molecular flexibility index (Phi) is 7.31. The quantitative estimate of drug-likeness (QED) is 0.400. The highest BCUT2D eigenvalue weighted by Gasteiger charge is 2.29. The molecule has 1 aliphatic carbocycles. The van der Waals surface area contributed by atoms with E-state index in [1.54, 1.807) is 0 Å². The third-order valence-electron chi connectivity index (χ3n) is 5.90. The van der Waals surface area contributed by atoms with Crippen LogP contribution in [0.25, 0.3) is 11.1 Å². The molecule has 1 aliphatic rings. The van der Waals surface area contributed by atoms with Crippen molar-refractivity contribution in [2.24, 2.45) is 0 Å². The zero-order chi connectivity index (χ0) is 24.2. The zero-order valence-corrected chi connectivity index (χ0v) is 20.0. The topological polar surface area (TPSA) is 105 Å². The van der Waals surface area contributed by atoms with E-state index in [0.717, 1.165) is 22.3 Å². The standard InChI is InChI=1S/C26H24BrNO6/c1-33-25(31)15-10-11-20(22(27)12-15)24(30)23(29)13-28-26(32)34-14-21-18-8-4-2-6-16(18)17-7-3-5-9-19(17)21/h2-12,21,23-24,29-30H,13-14H2,1H3,(H,28,32). The lowest BCUT2D eigenvalue weighted by molar-refractivity contribution is 0.0181. The van der Waals surface area contributed by atoms with Crippen LogP contribution in [-0.2, 0) is 9.47 Å². The van der Waals surface area contributed by atoms with Crippen molar-refractivity contribution in [3.63, 3.8) is 0 Å². The van der Waals surface area contributed by atoms with Gasteiger partial charge < -0.3 is 25.0 Å². The van der Waals surface area contributed by atoms with Crippen LogP contribution in [0.2, 0.25) is 0 Å². The highest BCUT2D eigenvalue weighted by atomic mass is 79.9. The van der Waals surface area contributed by atoms with Crippen LogP contribution in [-0.4, -0.2) is 48.6 Å². The van der Waals surface area contributed by atoms with Crippen molar-refractivity contribution < 1.29 is 29.3 Å². The molecule has 0 fully saturated rings. The summed E-state index contributed by atoms with van der Waals surface area (Å²) in [6.07, 6.45) is -3.27. The van der Waals surface area contributed by atoms with Gasteiger partial charge in [-0.05, 0) is 39.9 Å². The molecule has 0 aliphatic heterocycles. The van der Waals surface area contributed by atoms with E-state index in [9.17, 15) is 19.8 Å². The molecule has 0 saturated carbocycles. The summed E-state index contributed by atoms with van der Waals surface area (Å²) in [7, 11) is 1.28. The van der Waals surface area contributed by atoms with E-state index in [4.69, 9.17) is 4.74 Å². The van der Waals surface area contributed by atoms with Gasteiger partial charge in [-0.15, -0.1) is 0 Å². The summed E-state index contributed by atoms with van der Waals surface area (Å²) in [6, 6.07) is 20.6. The summed E-state index contributed by atoms with van der Waals surface area (Å²) in [5, 5.41) is 23.4. The van der Waals surface area contributed by atoms with E-state index >= 15 is 0 Å². The summed E-state index contributed by atoms with van der Waals surface area (Å²) in [6.45, 7) is -0.0674. The van der Waals surface area contributed by atoms with Crippen LogP contribution < -0.4 is 5.32 Å². The Hall–Kier alpha value is -3.20. The molecule has 2 unspecified atom stereocenters. The van der Waals surface area contributed by atoms with Crippen LogP contribution in [0.5, 0.6) is 0 Å². The van der Waals surface area contributed by atoms with Gasteiger partial charge in [-0.2, -0.15) is 0 Å². The maximum Gasteiger partial charge on any atom is 0.407 e. The number of aliphatic hydroxyl groups excluding tert-OH is 2. The molecular weight excluding hydrogens is 502 g/mol. The molecule has 3 N–H and O–H groups in total. The van der Waals surface area contributed by atoms with Crippen molar-refractivity contribution in [1.82, 2.24) is 5.32 Å². The van der Waals surface area contributed by atoms with Crippen LogP contribution in [0.15, 0.2) is 71.2 Å². The van der Waals surface area contributed by atoms with Gasteiger partial charge in [0.25, 0.3) is 0 Å². The summed E-state index contributed by atoms with van der Waals surface area (Å²) < 4.78 is 10.6. The lowest BCUT2D eigenvalue weighted by Crippen LogP contribution is -2.36. The first-order chi connectivity index (χ1) is 16.4. The molecule has 0 heterocycles. The maximum atomic E-state index is 12.3. The first-order valence-corrected chi connectivity index (χ1v) is 11.5. The van der Waals surface area contributed by atoms with Gasteiger partial charge in [0.05, 0.1) is 12.7 Å². The average Bonchev–Trinajstić information content (AvgIpc) is 3.18. The number of carbonyl (C=O) groups excluding carboxylic acids is 2. The first-order valence-electron chi connectivity index (χ1n) is 10.7. The van der Waals surface area contributed by atoms with Gasteiger partial charge in [-0.1, -0.05) is 70.5 Å². The second-order valence-electron chi connectivity index (χ2n) is 7.95. The molecule has 7 nitrogen and oxygen atoms in total. The number of nitrogens with one attached hydrogen (secondary N) is 1. The lowest BCUT2D eigenvalue weighted by Gasteiger charge is -2.20. The van der Waals surface area contributed by atoms with E-state index in [1.165, 1.54) is 25.3 Å². The van der Waals surface area contributed by atoms with Crippen LogP contribution in [0.3, 0.4) is 0 Å². The minimum atomic E-state index is -1.30. The van der Waals surface area contributed by atoms with E-state index < -0.39 is 24.3 Å². The molecule has 0 saturated heterocycles. The Morgan fingerprint density at radius 3 is 2.21 bits per heavy atom. The summed E-state index contributed by atoms with van der Waals surface area (Å²) in [5.74, 6) is -0.586. The smallest absolute Gasteiger partial charge is 0.407 e. The number of esters is 1.